The first-order valence-electron chi connectivity index (χ1n) is 7.01. The van der Waals surface area contributed by atoms with E-state index in [1.165, 1.54) is 31.2 Å². The Bertz CT molecular complexity index is 955. The van der Waals surface area contributed by atoms with Crippen molar-refractivity contribution in [3.05, 3.63) is 58.1 Å². The second kappa shape index (κ2) is 7.85. The zero-order valence-corrected chi connectivity index (χ0v) is 15.3. The Hall–Kier alpha value is -2.11. The van der Waals surface area contributed by atoms with Crippen LogP contribution in [0.15, 0.2) is 47.4 Å². The van der Waals surface area contributed by atoms with E-state index in [-0.39, 0.29) is 14.9 Å². The third-order valence-electron chi connectivity index (χ3n) is 3.19. The van der Waals surface area contributed by atoms with Crippen LogP contribution in [-0.2, 0) is 14.8 Å². The number of nitriles is 1. The average molecular weight is 398 g/mol. The Kier molecular flexibility index (Phi) is 6.03. The van der Waals surface area contributed by atoms with Gasteiger partial charge in [0.25, 0.3) is 0 Å². The molecule has 1 atom stereocenters. The quantitative estimate of drug-likeness (QED) is 0.808. The highest BCUT2D eigenvalue weighted by atomic mass is 35.5. The number of carbonyl (C=O) groups is 1. The van der Waals surface area contributed by atoms with Gasteiger partial charge < -0.3 is 5.32 Å². The maximum absolute atomic E-state index is 12.3. The van der Waals surface area contributed by atoms with Crippen LogP contribution in [0.2, 0.25) is 10.0 Å². The number of amides is 1. The lowest BCUT2D eigenvalue weighted by Crippen LogP contribution is -2.41. The molecule has 0 aliphatic heterocycles. The van der Waals surface area contributed by atoms with E-state index >= 15 is 0 Å². The molecule has 130 valence electrons. The van der Waals surface area contributed by atoms with Crippen LogP contribution in [-0.4, -0.2) is 20.4 Å². The van der Waals surface area contributed by atoms with Crippen LogP contribution in [0.1, 0.15) is 12.5 Å². The van der Waals surface area contributed by atoms with Crippen LogP contribution in [0.3, 0.4) is 0 Å². The third kappa shape index (κ3) is 4.94. The maximum atomic E-state index is 12.3. The normalized spacial score (nSPS) is 12.2. The molecule has 1 amide bonds. The Morgan fingerprint density at radius 3 is 2.52 bits per heavy atom. The van der Waals surface area contributed by atoms with Crippen molar-refractivity contribution in [2.24, 2.45) is 0 Å². The molecule has 2 aromatic carbocycles. The first-order valence-corrected chi connectivity index (χ1v) is 9.25. The SMILES string of the molecule is C[C@H](NS(=O)(=O)c1ccc(Cl)c(Cl)c1)C(=O)Nc1cccc(C#N)c1. The predicted molar refractivity (Wildman–Crippen MR) is 96.0 cm³/mol. The summed E-state index contributed by atoms with van der Waals surface area (Å²) in [4.78, 5) is 12.1. The van der Waals surface area contributed by atoms with E-state index in [1.807, 2.05) is 6.07 Å². The van der Waals surface area contributed by atoms with Gasteiger partial charge in [-0.1, -0.05) is 29.3 Å². The summed E-state index contributed by atoms with van der Waals surface area (Å²) in [7, 11) is -3.96. The summed E-state index contributed by atoms with van der Waals surface area (Å²) in [6.45, 7) is 1.40. The van der Waals surface area contributed by atoms with Crippen LogP contribution < -0.4 is 10.0 Å². The first-order chi connectivity index (χ1) is 11.7. The van der Waals surface area contributed by atoms with Crippen molar-refractivity contribution < 1.29 is 13.2 Å². The summed E-state index contributed by atoms with van der Waals surface area (Å²) in [5, 5.41) is 11.7. The van der Waals surface area contributed by atoms with E-state index in [0.717, 1.165) is 0 Å². The summed E-state index contributed by atoms with van der Waals surface area (Å²) < 4.78 is 26.9. The van der Waals surface area contributed by atoms with Crippen molar-refractivity contribution >= 4 is 44.8 Å². The van der Waals surface area contributed by atoms with Crippen LogP contribution in [0.4, 0.5) is 5.69 Å². The van der Waals surface area contributed by atoms with Crippen molar-refractivity contribution in [1.29, 1.82) is 5.26 Å². The summed E-state index contributed by atoms with van der Waals surface area (Å²) in [6, 6.07) is 11.0. The second-order valence-corrected chi connectivity index (χ2v) is 7.63. The topological polar surface area (TPSA) is 99.1 Å². The van der Waals surface area contributed by atoms with Gasteiger partial charge in [0, 0.05) is 5.69 Å². The number of sulfonamides is 1. The van der Waals surface area contributed by atoms with Crippen molar-refractivity contribution in [2.45, 2.75) is 17.9 Å². The molecule has 2 N–H and O–H groups in total. The number of halogens is 2. The van der Waals surface area contributed by atoms with Gasteiger partial charge in [-0.05, 0) is 43.3 Å². The molecule has 2 rings (SSSR count). The van der Waals surface area contributed by atoms with E-state index in [0.29, 0.717) is 11.3 Å². The van der Waals surface area contributed by atoms with Gasteiger partial charge in [0.05, 0.1) is 32.6 Å². The Labute approximate surface area is 155 Å². The summed E-state index contributed by atoms with van der Waals surface area (Å²) in [5.74, 6) is -0.571. The standard InChI is InChI=1S/C16H13Cl2N3O3S/c1-10(16(22)20-12-4-2-3-11(7-12)9-19)21-25(23,24)13-5-6-14(17)15(18)8-13/h2-8,10,21H,1H3,(H,20,22)/t10-/m0/s1. The van der Waals surface area contributed by atoms with Gasteiger partial charge in [0.1, 0.15) is 0 Å². The Morgan fingerprint density at radius 2 is 1.88 bits per heavy atom. The fourth-order valence-electron chi connectivity index (χ4n) is 1.92. The molecule has 25 heavy (non-hydrogen) atoms. The van der Waals surface area contributed by atoms with Crippen molar-refractivity contribution in [3.63, 3.8) is 0 Å². The van der Waals surface area contributed by atoms with E-state index in [2.05, 4.69) is 10.0 Å². The molecule has 9 heteroatoms. The van der Waals surface area contributed by atoms with Crippen LogP contribution in [0.5, 0.6) is 0 Å². The lowest BCUT2D eigenvalue weighted by atomic mass is 10.2. The molecular formula is C16H13Cl2N3O3S. The number of nitrogens with zero attached hydrogens (tertiary/aromatic N) is 1. The fraction of sp³-hybridized carbons (Fsp3) is 0.125. The van der Waals surface area contributed by atoms with Gasteiger partial charge in [-0.3, -0.25) is 4.79 Å². The van der Waals surface area contributed by atoms with Crippen LogP contribution >= 0.6 is 23.2 Å². The monoisotopic (exact) mass is 397 g/mol. The molecule has 0 fully saturated rings. The molecule has 0 saturated heterocycles. The zero-order valence-electron chi connectivity index (χ0n) is 13.0. The molecule has 0 radical (unpaired) electrons. The smallest absolute Gasteiger partial charge is 0.242 e. The van der Waals surface area contributed by atoms with E-state index in [1.54, 1.807) is 18.2 Å². The molecule has 6 nitrogen and oxygen atoms in total. The highest BCUT2D eigenvalue weighted by Gasteiger charge is 2.22. The predicted octanol–water partition coefficient (Wildman–Crippen LogP) is 3.17. The van der Waals surface area contributed by atoms with Gasteiger partial charge in [0.2, 0.25) is 15.9 Å². The van der Waals surface area contributed by atoms with E-state index in [9.17, 15) is 13.2 Å². The van der Waals surface area contributed by atoms with Crippen molar-refractivity contribution in [3.8, 4) is 6.07 Å². The minimum Gasteiger partial charge on any atom is -0.325 e. The molecule has 0 unspecified atom stereocenters. The van der Waals surface area contributed by atoms with Gasteiger partial charge in [-0.2, -0.15) is 9.98 Å². The summed E-state index contributed by atoms with van der Waals surface area (Å²) >= 11 is 11.6. The lowest BCUT2D eigenvalue weighted by molar-refractivity contribution is -0.117. The summed E-state index contributed by atoms with van der Waals surface area (Å²) in [5.41, 5.74) is 0.770. The molecule has 0 aliphatic rings. The molecule has 0 heterocycles. The molecular weight excluding hydrogens is 385 g/mol. The van der Waals surface area contributed by atoms with Gasteiger partial charge in [0.15, 0.2) is 0 Å². The number of anilines is 1. The molecule has 0 aliphatic carbocycles. The number of nitrogens with one attached hydrogen (secondary N) is 2. The van der Waals surface area contributed by atoms with E-state index < -0.39 is 22.0 Å². The third-order valence-corrected chi connectivity index (χ3v) is 5.46. The fourth-order valence-corrected chi connectivity index (χ4v) is 3.51. The van der Waals surface area contributed by atoms with Gasteiger partial charge >= 0.3 is 0 Å². The minimum absolute atomic E-state index is 0.0926. The molecule has 0 spiro atoms. The second-order valence-electron chi connectivity index (χ2n) is 5.10. The van der Waals surface area contributed by atoms with Gasteiger partial charge in [-0.25, -0.2) is 8.42 Å². The maximum Gasteiger partial charge on any atom is 0.242 e. The average Bonchev–Trinajstić information content (AvgIpc) is 2.57. The number of hydrogen-bond donors (Lipinski definition) is 2. The Morgan fingerprint density at radius 1 is 1.16 bits per heavy atom. The van der Waals surface area contributed by atoms with Crippen LogP contribution in [0, 0.1) is 11.3 Å². The molecule has 0 saturated carbocycles. The highest BCUT2D eigenvalue weighted by molar-refractivity contribution is 7.89. The van der Waals surface area contributed by atoms with Crippen molar-refractivity contribution in [1.82, 2.24) is 4.72 Å². The van der Waals surface area contributed by atoms with E-state index in [4.69, 9.17) is 28.5 Å². The molecule has 0 bridgehead atoms. The minimum atomic E-state index is -3.96. The largest absolute Gasteiger partial charge is 0.325 e. The molecule has 2 aromatic rings. The summed E-state index contributed by atoms with van der Waals surface area (Å²) in [6.07, 6.45) is 0. The molecule has 0 aromatic heterocycles. The number of rotatable bonds is 5. The first kappa shape index (κ1) is 19.2. The lowest BCUT2D eigenvalue weighted by Gasteiger charge is -2.15. The number of hydrogen-bond acceptors (Lipinski definition) is 4. The van der Waals surface area contributed by atoms with Crippen molar-refractivity contribution in [2.75, 3.05) is 5.32 Å². The van der Waals surface area contributed by atoms with Crippen LogP contribution in [0.25, 0.3) is 0 Å². The Balaban J connectivity index is 2.11. The zero-order chi connectivity index (χ0) is 18.6. The number of carbonyl (C=O) groups excluding carboxylic acids is 1. The van der Waals surface area contributed by atoms with Gasteiger partial charge in [-0.15, -0.1) is 0 Å². The number of benzene rings is 2. The highest BCUT2D eigenvalue weighted by Crippen LogP contribution is 2.24.